The third-order valence-corrected chi connectivity index (χ3v) is 1.60. The maximum atomic E-state index is 10.1. The van der Waals surface area contributed by atoms with Gasteiger partial charge in [-0.25, -0.2) is 0 Å². The van der Waals surface area contributed by atoms with Crippen LogP contribution in [-0.2, 0) is 4.79 Å². The van der Waals surface area contributed by atoms with Crippen molar-refractivity contribution >= 4 is 5.91 Å². The van der Waals surface area contributed by atoms with E-state index in [0.717, 1.165) is 25.9 Å². The minimum absolute atomic E-state index is 0.204. The summed E-state index contributed by atoms with van der Waals surface area (Å²) in [5.74, 6) is 0.204. The quantitative estimate of drug-likeness (QED) is 0.552. The molecule has 2 heterocycles. The Balaban J connectivity index is 0.000000120. The zero-order valence-electron chi connectivity index (χ0n) is 7.05. The lowest BCUT2D eigenvalue weighted by molar-refractivity contribution is -0.119. The predicted molar refractivity (Wildman–Crippen MR) is 48.5 cm³/mol. The highest BCUT2D eigenvalue weighted by Gasteiger charge is 2.05. The minimum atomic E-state index is 0.204. The van der Waals surface area contributed by atoms with Crippen LogP contribution in [0.25, 0.3) is 0 Å². The summed E-state index contributed by atoms with van der Waals surface area (Å²) in [6, 6.07) is 0. The van der Waals surface area contributed by atoms with E-state index in [9.17, 15) is 4.79 Å². The molecule has 0 radical (unpaired) electrons. The van der Waals surface area contributed by atoms with Gasteiger partial charge in [0, 0.05) is 19.5 Å². The first-order chi connectivity index (χ1) is 5.89. The number of dihydropyridines is 1. The van der Waals surface area contributed by atoms with Gasteiger partial charge in [-0.05, 0) is 18.7 Å². The van der Waals surface area contributed by atoms with Crippen molar-refractivity contribution in [1.82, 2.24) is 10.6 Å². The van der Waals surface area contributed by atoms with Crippen molar-refractivity contribution in [2.24, 2.45) is 0 Å². The van der Waals surface area contributed by atoms with E-state index in [1.807, 2.05) is 18.4 Å². The SMILES string of the molecule is C1=CCNC=C1.O=C1CCCN1. The molecule has 2 aliphatic heterocycles. The van der Waals surface area contributed by atoms with Gasteiger partial charge in [0.25, 0.3) is 0 Å². The van der Waals surface area contributed by atoms with E-state index < -0.39 is 0 Å². The molecule has 0 spiro atoms. The third kappa shape index (κ3) is 3.81. The van der Waals surface area contributed by atoms with Crippen molar-refractivity contribution < 1.29 is 4.79 Å². The van der Waals surface area contributed by atoms with Gasteiger partial charge in [0.15, 0.2) is 0 Å². The van der Waals surface area contributed by atoms with Gasteiger partial charge in [0.1, 0.15) is 0 Å². The van der Waals surface area contributed by atoms with Gasteiger partial charge in [0.2, 0.25) is 5.91 Å². The molecule has 3 heteroatoms. The van der Waals surface area contributed by atoms with Gasteiger partial charge < -0.3 is 10.6 Å². The van der Waals surface area contributed by atoms with E-state index >= 15 is 0 Å². The van der Waals surface area contributed by atoms with Crippen LogP contribution in [0.5, 0.6) is 0 Å². The van der Waals surface area contributed by atoms with Crippen LogP contribution in [0.4, 0.5) is 0 Å². The van der Waals surface area contributed by atoms with Crippen LogP contribution in [0.15, 0.2) is 24.4 Å². The van der Waals surface area contributed by atoms with Crippen LogP contribution in [0, 0.1) is 0 Å². The molecule has 0 bridgehead atoms. The fourth-order valence-corrected chi connectivity index (χ4v) is 0.971. The van der Waals surface area contributed by atoms with Crippen LogP contribution in [0.3, 0.4) is 0 Å². The molecule has 0 aliphatic carbocycles. The zero-order valence-corrected chi connectivity index (χ0v) is 7.05. The second-order valence-corrected chi connectivity index (χ2v) is 2.65. The smallest absolute Gasteiger partial charge is 0.220 e. The fraction of sp³-hybridized carbons (Fsp3) is 0.444. The Labute approximate surface area is 72.5 Å². The average Bonchev–Trinajstić information content (AvgIpc) is 2.60. The molecule has 2 N–H and O–H groups in total. The van der Waals surface area contributed by atoms with E-state index in [2.05, 4.69) is 16.7 Å². The van der Waals surface area contributed by atoms with E-state index in [-0.39, 0.29) is 5.91 Å². The maximum Gasteiger partial charge on any atom is 0.220 e. The van der Waals surface area contributed by atoms with Crippen molar-refractivity contribution in [3.8, 4) is 0 Å². The van der Waals surface area contributed by atoms with E-state index in [1.54, 1.807) is 0 Å². The molecule has 0 aromatic carbocycles. The van der Waals surface area contributed by atoms with Crippen LogP contribution >= 0.6 is 0 Å². The molecular formula is C9H14N2O. The van der Waals surface area contributed by atoms with Crippen molar-refractivity contribution in [1.29, 1.82) is 0 Å². The summed E-state index contributed by atoms with van der Waals surface area (Å²) in [4.78, 5) is 10.1. The molecule has 1 fully saturated rings. The molecule has 1 amide bonds. The Morgan fingerprint density at radius 3 is 2.42 bits per heavy atom. The Hall–Kier alpha value is -1.25. The Kier molecular flexibility index (Phi) is 3.98. The Bertz CT molecular complexity index is 177. The number of allylic oxidation sites excluding steroid dienone is 2. The van der Waals surface area contributed by atoms with Crippen LogP contribution in [0.1, 0.15) is 12.8 Å². The van der Waals surface area contributed by atoms with E-state index in [4.69, 9.17) is 0 Å². The molecule has 12 heavy (non-hydrogen) atoms. The lowest BCUT2D eigenvalue weighted by Gasteiger charge is -1.94. The summed E-state index contributed by atoms with van der Waals surface area (Å²) in [5.41, 5.74) is 0. The summed E-state index contributed by atoms with van der Waals surface area (Å²) in [5, 5.41) is 5.70. The van der Waals surface area contributed by atoms with Gasteiger partial charge in [-0.15, -0.1) is 0 Å². The van der Waals surface area contributed by atoms with E-state index in [0.29, 0.717) is 0 Å². The highest BCUT2D eigenvalue weighted by Crippen LogP contribution is 1.93. The monoisotopic (exact) mass is 166 g/mol. The fourth-order valence-electron chi connectivity index (χ4n) is 0.971. The summed E-state index contributed by atoms with van der Waals surface area (Å²) in [6.07, 6.45) is 9.76. The largest absolute Gasteiger partial charge is 0.387 e. The summed E-state index contributed by atoms with van der Waals surface area (Å²) in [7, 11) is 0. The summed E-state index contributed by atoms with van der Waals surface area (Å²) < 4.78 is 0. The van der Waals surface area contributed by atoms with Crippen molar-refractivity contribution in [2.75, 3.05) is 13.1 Å². The van der Waals surface area contributed by atoms with Gasteiger partial charge in [-0.2, -0.15) is 0 Å². The number of carbonyl (C=O) groups is 1. The number of amides is 1. The Morgan fingerprint density at radius 2 is 2.25 bits per heavy atom. The molecule has 3 nitrogen and oxygen atoms in total. The first-order valence-corrected chi connectivity index (χ1v) is 4.21. The lowest BCUT2D eigenvalue weighted by atomic mass is 10.4. The third-order valence-electron chi connectivity index (χ3n) is 1.60. The van der Waals surface area contributed by atoms with Gasteiger partial charge >= 0.3 is 0 Å². The first-order valence-electron chi connectivity index (χ1n) is 4.21. The van der Waals surface area contributed by atoms with Gasteiger partial charge in [-0.1, -0.05) is 12.2 Å². The molecule has 2 aliphatic rings. The van der Waals surface area contributed by atoms with Crippen LogP contribution in [0.2, 0.25) is 0 Å². The maximum absolute atomic E-state index is 10.1. The van der Waals surface area contributed by atoms with Gasteiger partial charge in [0.05, 0.1) is 0 Å². The first kappa shape index (κ1) is 8.84. The minimum Gasteiger partial charge on any atom is -0.387 e. The highest BCUT2D eigenvalue weighted by atomic mass is 16.1. The average molecular weight is 166 g/mol. The van der Waals surface area contributed by atoms with Crippen LogP contribution in [-0.4, -0.2) is 19.0 Å². The van der Waals surface area contributed by atoms with E-state index in [1.165, 1.54) is 0 Å². The normalized spacial score (nSPS) is 19.2. The Morgan fingerprint density at radius 1 is 1.33 bits per heavy atom. The molecule has 0 aromatic rings. The van der Waals surface area contributed by atoms with Gasteiger partial charge in [-0.3, -0.25) is 4.79 Å². The van der Waals surface area contributed by atoms with Crippen molar-refractivity contribution in [3.63, 3.8) is 0 Å². The van der Waals surface area contributed by atoms with Crippen molar-refractivity contribution in [3.05, 3.63) is 24.4 Å². The lowest BCUT2D eigenvalue weighted by Crippen LogP contribution is -2.12. The van der Waals surface area contributed by atoms with Crippen molar-refractivity contribution in [2.45, 2.75) is 12.8 Å². The predicted octanol–water partition coefficient (Wildman–Crippen LogP) is 0.556. The molecule has 0 aromatic heterocycles. The second kappa shape index (κ2) is 5.41. The number of nitrogens with one attached hydrogen (secondary N) is 2. The summed E-state index contributed by atoms with van der Waals surface area (Å²) in [6.45, 7) is 1.87. The molecule has 1 saturated heterocycles. The molecule has 66 valence electrons. The highest BCUT2D eigenvalue weighted by molar-refractivity contribution is 5.77. The number of rotatable bonds is 0. The second-order valence-electron chi connectivity index (χ2n) is 2.65. The molecular weight excluding hydrogens is 152 g/mol. The molecule has 0 unspecified atom stereocenters. The number of hydrogen-bond donors (Lipinski definition) is 2. The molecule has 0 atom stereocenters. The molecule has 0 saturated carbocycles. The molecule has 2 rings (SSSR count). The number of carbonyl (C=O) groups excluding carboxylic acids is 1. The topological polar surface area (TPSA) is 41.1 Å². The summed E-state index contributed by atoms with van der Waals surface area (Å²) >= 11 is 0. The zero-order chi connectivity index (χ0) is 8.65. The number of hydrogen-bond acceptors (Lipinski definition) is 2. The standard InChI is InChI=1S/C5H7N.C4H7NO/c1-2-4-6-5-3-1;6-4-2-1-3-5-4/h1-4,6H,5H2;1-3H2,(H,5,6). The van der Waals surface area contributed by atoms with Crippen LogP contribution < -0.4 is 10.6 Å².